The van der Waals surface area contributed by atoms with Crippen LogP contribution in [0.1, 0.15) is 41.5 Å². The number of hydrogen-bond acceptors (Lipinski definition) is 3. The Morgan fingerprint density at radius 3 is 2.44 bits per heavy atom. The molecule has 0 N–H and O–H groups in total. The predicted octanol–water partition coefficient (Wildman–Crippen LogP) is 3.22. The van der Waals surface area contributed by atoms with E-state index in [1.54, 1.807) is 0 Å². The maximum absolute atomic E-state index is 6.07. The van der Waals surface area contributed by atoms with Gasteiger partial charge in [0, 0.05) is 18.8 Å². The zero-order valence-corrected chi connectivity index (χ0v) is 12.4. The average Bonchev–Trinajstić information content (AvgIpc) is 2.47. The van der Waals surface area contributed by atoms with E-state index in [2.05, 4.69) is 46.4 Å². The third kappa shape index (κ3) is 4.64. The third-order valence-electron chi connectivity index (χ3n) is 2.57. The minimum absolute atomic E-state index is 0.0356. The van der Waals surface area contributed by atoms with E-state index in [0.29, 0.717) is 11.5 Å². The molecule has 0 spiro atoms. The Kier molecular flexibility index (Phi) is 5.14. The molecular weight excluding hydrogens is 218 g/mol. The SMILES string of the molecule is CC(C)CN1CCSC1[C@@H](C)OC(C)(C)C. The van der Waals surface area contributed by atoms with Gasteiger partial charge in [-0.05, 0) is 33.6 Å². The first-order valence-electron chi connectivity index (χ1n) is 6.33. The molecule has 3 heteroatoms. The van der Waals surface area contributed by atoms with Crippen molar-refractivity contribution in [1.82, 2.24) is 4.90 Å². The zero-order chi connectivity index (χ0) is 12.3. The van der Waals surface area contributed by atoms with Crippen molar-refractivity contribution in [3.05, 3.63) is 0 Å². The van der Waals surface area contributed by atoms with Gasteiger partial charge in [0.1, 0.15) is 0 Å². The number of ether oxygens (including phenoxy) is 1. The maximum atomic E-state index is 6.07. The summed E-state index contributed by atoms with van der Waals surface area (Å²) in [5.74, 6) is 1.98. The van der Waals surface area contributed by atoms with Crippen LogP contribution < -0.4 is 0 Å². The first-order valence-corrected chi connectivity index (χ1v) is 7.38. The van der Waals surface area contributed by atoms with E-state index < -0.39 is 0 Å². The molecule has 1 fully saturated rings. The molecule has 0 aromatic heterocycles. The minimum atomic E-state index is -0.0356. The van der Waals surface area contributed by atoms with Crippen LogP contribution in [-0.4, -0.2) is 40.8 Å². The first-order chi connectivity index (χ1) is 7.29. The second-order valence-corrected chi connectivity index (χ2v) is 7.31. The third-order valence-corrected chi connectivity index (χ3v) is 4.01. The van der Waals surface area contributed by atoms with Crippen molar-refractivity contribution < 1.29 is 4.74 Å². The molecule has 1 heterocycles. The van der Waals surface area contributed by atoms with Gasteiger partial charge < -0.3 is 4.74 Å². The number of rotatable bonds is 4. The lowest BCUT2D eigenvalue weighted by Crippen LogP contribution is -2.42. The van der Waals surface area contributed by atoms with Crippen LogP contribution in [0.2, 0.25) is 0 Å². The molecule has 1 aliphatic heterocycles. The van der Waals surface area contributed by atoms with Crippen LogP contribution in [0.15, 0.2) is 0 Å². The van der Waals surface area contributed by atoms with E-state index in [9.17, 15) is 0 Å². The second-order valence-electron chi connectivity index (χ2n) is 6.09. The summed E-state index contributed by atoms with van der Waals surface area (Å²) in [4.78, 5) is 2.58. The molecule has 0 bridgehead atoms. The van der Waals surface area contributed by atoms with Crippen LogP contribution in [0.5, 0.6) is 0 Å². The van der Waals surface area contributed by atoms with E-state index in [4.69, 9.17) is 4.74 Å². The summed E-state index contributed by atoms with van der Waals surface area (Å²) in [7, 11) is 0. The zero-order valence-electron chi connectivity index (χ0n) is 11.6. The van der Waals surface area contributed by atoms with Gasteiger partial charge in [-0.25, -0.2) is 0 Å². The van der Waals surface area contributed by atoms with Gasteiger partial charge in [0.2, 0.25) is 0 Å². The lowest BCUT2D eigenvalue weighted by molar-refractivity contribution is -0.0684. The van der Waals surface area contributed by atoms with Crippen LogP contribution in [0, 0.1) is 5.92 Å². The Morgan fingerprint density at radius 2 is 1.94 bits per heavy atom. The molecule has 96 valence electrons. The minimum Gasteiger partial charge on any atom is -0.370 e. The van der Waals surface area contributed by atoms with Gasteiger partial charge in [0.15, 0.2) is 0 Å². The highest BCUT2D eigenvalue weighted by Crippen LogP contribution is 2.30. The highest BCUT2D eigenvalue weighted by atomic mass is 32.2. The standard InChI is InChI=1S/C13H27NOS/c1-10(2)9-14-7-8-16-12(14)11(3)15-13(4,5)6/h10-12H,7-9H2,1-6H3/t11-,12?/m1/s1. The van der Waals surface area contributed by atoms with E-state index >= 15 is 0 Å². The summed E-state index contributed by atoms with van der Waals surface area (Å²) in [5, 5.41) is 0.543. The summed E-state index contributed by atoms with van der Waals surface area (Å²) < 4.78 is 6.07. The summed E-state index contributed by atoms with van der Waals surface area (Å²) >= 11 is 2.04. The Bertz CT molecular complexity index is 212. The summed E-state index contributed by atoms with van der Waals surface area (Å²) in [6.07, 6.45) is 0.311. The normalized spacial score (nSPS) is 25.3. The molecule has 1 saturated heterocycles. The first kappa shape index (κ1) is 14.3. The van der Waals surface area contributed by atoms with E-state index in [1.165, 1.54) is 18.8 Å². The lowest BCUT2D eigenvalue weighted by Gasteiger charge is -2.33. The van der Waals surface area contributed by atoms with Crippen molar-refractivity contribution in [2.45, 2.75) is 58.6 Å². The quantitative estimate of drug-likeness (QED) is 0.754. The van der Waals surface area contributed by atoms with Crippen LogP contribution in [0.25, 0.3) is 0 Å². The number of nitrogens with zero attached hydrogens (tertiary/aromatic N) is 1. The molecule has 0 aromatic rings. The van der Waals surface area contributed by atoms with Crippen molar-refractivity contribution in [1.29, 1.82) is 0 Å². The molecule has 0 radical (unpaired) electrons. The molecule has 0 aromatic carbocycles. The van der Waals surface area contributed by atoms with Crippen molar-refractivity contribution in [3.63, 3.8) is 0 Å². The molecule has 1 rings (SSSR count). The number of thioether (sulfide) groups is 1. The molecule has 2 atom stereocenters. The number of hydrogen-bond donors (Lipinski definition) is 0. The summed E-state index contributed by atoms with van der Waals surface area (Å²) in [6, 6.07) is 0. The van der Waals surface area contributed by atoms with E-state index in [-0.39, 0.29) is 5.60 Å². The predicted molar refractivity (Wildman–Crippen MR) is 73.0 cm³/mol. The van der Waals surface area contributed by atoms with E-state index in [0.717, 1.165) is 5.92 Å². The fourth-order valence-electron chi connectivity index (χ4n) is 2.24. The van der Waals surface area contributed by atoms with Gasteiger partial charge in [-0.15, -0.1) is 11.8 Å². The Hall–Kier alpha value is 0.270. The van der Waals surface area contributed by atoms with Gasteiger partial charge in [-0.3, -0.25) is 4.90 Å². The Labute approximate surface area is 105 Å². The summed E-state index contributed by atoms with van der Waals surface area (Å²) in [5.41, 5.74) is -0.0356. The van der Waals surface area contributed by atoms with Gasteiger partial charge in [-0.1, -0.05) is 13.8 Å². The van der Waals surface area contributed by atoms with Crippen LogP contribution in [0.4, 0.5) is 0 Å². The largest absolute Gasteiger partial charge is 0.370 e. The molecule has 1 aliphatic rings. The molecule has 16 heavy (non-hydrogen) atoms. The Morgan fingerprint density at radius 1 is 1.31 bits per heavy atom. The van der Waals surface area contributed by atoms with Crippen molar-refractivity contribution in [2.24, 2.45) is 5.92 Å². The van der Waals surface area contributed by atoms with Crippen LogP contribution in [0.3, 0.4) is 0 Å². The average molecular weight is 245 g/mol. The molecule has 0 aliphatic carbocycles. The van der Waals surface area contributed by atoms with Crippen molar-refractivity contribution >= 4 is 11.8 Å². The fourth-order valence-corrected chi connectivity index (χ4v) is 3.55. The molecule has 1 unspecified atom stereocenters. The fraction of sp³-hybridized carbons (Fsp3) is 1.00. The topological polar surface area (TPSA) is 12.5 Å². The smallest absolute Gasteiger partial charge is 0.0821 e. The van der Waals surface area contributed by atoms with Gasteiger partial charge >= 0.3 is 0 Å². The Balaban J connectivity index is 2.50. The molecule has 2 nitrogen and oxygen atoms in total. The van der Waals surface area contributed by atoms with Gasteiger partial charge in [-0.2, -0.15) is 0 Å². The van der Waals surface area contributed by atoms with Crippen LogP contribution >= 0.6 is 11.8 Å². The van der Waals surface area contributed by atoms with Crippen molar-refractivity contribution in [3.8, 4) is 0 Å². The van der Waals surface area contributed by atoms with Gasteiger partial charge in [0.25, 0.3) is 0 Å². The van der Waals surface area contributed by atoms with Gasteiger partial charge in [0.05, 0.1) is 17.1 Å². The molecular formula is C13H27NOS. The molecule has 0 saturated carbocycles. The molecule has 0 amide bonds. The lowest BCUT2D eigenvalue weighted by atomic mass is 10.1. The van der Waals surface area contributed by atoms with Crippen molar-refractivity contribution in [2.75, 3.05) is 18.8 Å². The van der Waals surface area contributed by atoms with E-state index in [1.807, 2.05) is 11.8 Å². The monoisotopic (exact) mass is 245 g/mol. The highest BCUT2D eigenvalue weighted by Gasteiger charge is 2.32. The highest BCUT2D eigenvalue weighted by molar-refractivity contribution is 8.00. The van der Waals surface area contributed by atoms with Crippen LogP contribution in [-0.2, 0) is 4.74 Å². The second kappa shape index (κ2) is 5.74. The maximum Gasteiger partial charge on any atom is 0.0821 e. The summed E-state index contributed by atoms with van der Waals surface area (Å²) in [6.45, 7) is 15.6.